The maximum atomic E-state index is 14.0. The van der Waals surface area contributed by atoms with E-state index in [-0.39, 0.29) is 24.9 Å². The van der Waals surface area contributed by atoms with Gasteiger partial charge in [0, 0.05) is 33.1 Å². The van der Waals surface area contributed by atoms with Crippen LogP contribution < -0.4 is 9.62 Å². The van der Waals surface area contributed by atoms with Crippen LogP contribution in [-0.2, 0) is 32.8 Å². The van der Waals surface area contributed by atoms with Crippen LogP contribution in [0.1, 0.15) is 25.0 Å². The lowest BCUT2D eigenvalue weighted by Crippen LogP contribution is -2.55. The number of rotatable bonds is 12. The van der Waals surface area contributed by atoms with Crippen LogP contribution in [0.5, 0.6) is 0 Å². The number of carbonyl (C=O) groups excluding carboxylic acids is 2. The van der Waals surface area contributed by atoms with E-state index in [4.69, 9.17) is 0 Å². The Hall–Kier alpha value is -3.69. The van der Waals surface area contributed by atoms with Crippen LogP contribution in [0.4, 0.5) is 5.69 Å². The highest BCUT2D eigenvalue weighted by atomic mass is 32.2. The quantitative estimate of drug-likeness (QED) is 0.384. The standard InChI is InChI=1S/C29H36N4O4S/c1-23(2)30-29(35)27(20-24-14-8-5-9-15-24)32(21-25-16-10-6-11-17-25)28(34)22-33(38(36,37)31(3)4)26-18-12-7-13-19-26/h5-19,23,27H,20-22H2,1-4H3,(H,30,35)/t27-/m1/s1. The molecule has 0 unspecified atom stereocenters. The maximum absolute atomic E-state index is 14.0. The lowest BCUT2D eigenvalue weighted by Gasteiger charge is -2.34. The molecule has 1 atom stereocenters. The molecule has 9 heteroatoms. The maximum Gasteiger partial charge on any atom is 0.304 e. The van der Waals surface area contributed by atoms with Crippen molar-refractivity contribution in [1.29, 1.82) is 0 Å². The Bertz CT molecular complexity index is 1280. The molecule has 0 heterocycles. The van der Waals surface area contributed by atoms with Gasteiger partial charge in [0.1, 0.15) is 12.6 Å². The highest BCUT2D eigenvalue weighted by Gasteiger charge is 2.34. The van der Waals surface area contributed by atoms with Gasteiger partial charge < -0.3 is 10.2 Å². The molecular formula is C29H36N4O4S. The van der Waals surface area contributed by atoms with Crippen LogP contribution in [0.2, 0.25) is 0 Å². The zero-order chi connectivity index (χ0) is 27.7. The van der Waals surface area contributed by atoms with E-state index in [1.165, 1.54) is 19.0 Å². The fourth-order valence-electron chi connectivity index (χ4n) is 4.03. The number of nitrogens with one attached hydrogen (secondary N) is 1. The van der Waals surface area contributed by atoms with Gasteiger partial charge in [0.2, 0.25) is 11.8 Å². The summed E-state index contributed by atoms with van der Waals surface area (Å²) in [5.74, 6) is -0.780. The summed E-state index contributed by atoms with van der Waals surface area (Å²) in [5.41, 5.74) is 2.08. The van der Waals surface area contributed by atoms with Crippen molar-refractivity contribution in [1.82, 2.24) is 14.5 Å². The summed E-state index contributed by atoms with van der Waals surface area (Å²) in [6.45, 7) is 3.41. The number of benzene rings is 3. The van der Waals surface area contributed by atoms with E-state index in [9.17, 15) is 18.0 Å². The molecule has 1 N–H and O–H groups in total. The summed E-state index contributed by atoms with van der Waals surface area (Å²) in [6, 6.07) is 26.4. The Morgan fingerprint density at radius 3 is 1.79 bits per heavy atom. The largest absolute Gasteiger partial charge is 0.352 e. The van der Waals surface area contributed by atoms with Crippen LogP contribution in [0.3, 0.4) is 0 Å². The zero-order valence-electron chi connectivity index (χ0n) is 22.3. The highest BCUT2D eigenvalue weighted by Crippen LogP contribution is 2.21. The summed E-state index contributed by atoms with van der Waals surface area (Å²) in [6.07, 6.45) is 0.281. The molecule has 0 spiro atoms. The predicted molar refractivity (Wildman–Crippen MR) is 151 cm³/mol. The summed E-state index contributed by atoms with van der Waals surface area (Å²) in [4.78, 5) is 29.0. The average Bonchev–Trinajstić information content (AvgIpc) is 2.90. The van der Waals surface area contributed by atoms with E-state index in [2.05, 4.69) is 5.32 Å². The molecule has 0 aliphatic heterocycles. The third kappa shape index (κ3) is 7.66. The smallest absolute Gasteiger partial charge is 0.304 e. The van der Waals surface area contributed by atoms with Crippen LogP contribution in [0.15, 0.2) is 91.0 Å². The third-order valence-corrected chi connectivity index (χ3v) is 7.78. The Morgan fingerprint density at radius 1 is 0.789 bits per heavy atom. The van der Waals surface area contributed by atoms with Crippen molar-refractivity contribution >= 4 is 27.7 Å². The van der Waals surface area contributed by atoms with Crippen LogP contribution in [-0.4, -0.2) is 62.2 Å². The molecule has 0 bridgehead atoms. The number of para-hydroxylation sites is 1. The number of hydrogen-bond donors (Lipinski definition) is 1. The van der Waals surface area contributed by atoms with Crippen molar-refractivity contribution in [2.75, 3.05) is 24.9 Å². The number of hydrogen-bond acceptors (Lipinski definition) is 4. The topological polar surface area (TPSA) is 90.0 Å². The van der Waals surface area contributed by atoms with E-state index >= 15 is 0 Å². The molecule has 0 aliphatic carbocycles. The van der Waals surface area contributed by atoms with Gasteiger partial charge in [-0.2, -0.15) is 12.7 Å². The minimum Gasteiger partial charge on any atom is -0.352 e. The Kier molecular flexibility index (Phi) is 10.0. The Labute approximate surface area is 226 Å². The molecule has 3 rings (SSSR count). The first-order valence-electron chi connectivity index (χ1n) is 12.5. The van der Waals surface area contributed by atoms with Crippen molar-refractivity contribution in [3.63, 3.8) is 0 Å². The molecule has 0 saturated heterocycles. The van der Waals surface area contributed by atoms with Gasteiger partial charge in [0.05, 0.1) is 5.69 Å². The molecule has 3 aromatic rings. The summed E-state index contributed by atoms with van der Waals surface area (Å²) < 4.78 is 28.7. The van der Waals surface area contributed by atoms with Crippen molar-refractivity contribution in [2.45, 2.75) is 38.9 Å². The molecule has 0 aromatic heterocycles. The monoisotopic (exact) mass is 536 g/mol. The lowest BCUT2D eigenvalue weighted by molar-refractivity contribution is -0.140. The van der Waals surface area contributed by atoms with Crippen molar-refractivity contribution < 1.29 is 18.0 Å². The van der Waals surface area contributed by atoms with Gasteiger partial charge in [0.25, 0.3) is 0 Å². The fraction of sp³-hybridized carbons (Fsp3) is 0.310. The molecule has 3 aromatic carbocycles. The predicted octanol–water partition coefficient (Wildman–Crippen LogP) is 3.46. The second-order valence-electron chi connectivity index (χ2n) is 9.51. The van der Waals surface area contributed by atoms with Crippen molar-refractivity contribution in [3.05, 3.63) is 102 Å². The summed E-state index contributed by atoms with van der Waals surface area (Å²) in [7, 11) is -1.15. The van der Waals surface area contributed by atoms with Crippen molar-refractivity contribution in [3.8, 4) is 0 Å². The molecule has 0 saturated carbocycles. The first-order chi connectivity index (χ1) is 18.1. The number of anilines is 1. The number of carbonyl (C=O) groups is 2. The first kappa shape index (κ1) is 28.9. The van der Waals surface area contributed by atoms with E-state index < -0.39 is 28.7 Å². The van der Waals surface area contributed by atoms with E-state index in [0.29, 0.717) is 5.69 Å². The second kappa shape index (κ2) is 13.2. The minimum absolute atomic E-state index is 0.135. The summed E-state index contributed by atoms with van der Waals surface area (Å²) >= 11 is 0. The van der Waals surface area contributed by atoms with E-state index in [0.717, 1.165) is 19.7 Å². The van der Waals surface area contributed by atoms with E-state index in [1.54, 1.807) is 30.3 Å². The Morgan fingerprint density at radius 2 is 1.29 bits per heavy atom. The molecule has 0 aliphatic rings. The lowest BCUT2D eigenvalue weighted by atomic mass is 10.0. The van der Waals surface area contributed by atoms with Gasteiger partial charge >= 0.3 is 10.2 Å². The van der Waals surface area contributed by atoms with Gasteiger partial charge in [-0.15, -0.1) is 0 Å². The average molecular weight is 537 g/mol. The number of nitrogens with zero attached hydrogens (tertiary/aromatic N) is 3. The molecule has 38 heavy (non-hydrogen) atoms. The van der Waals surface area contributed by atoms with Crippen LogP contribution in [0.25, 0.3) is 0 Å². The van der Waals surface area contributed by atoms with Gasteiger partial charge in [0.15, 0.2) is 0 Å². The zero-order valence-corrected chi connectivity index (χ0v) is 23.1. The minimum atomic E-state index is -4.00. The first-order valence-corrected chi connectivity index (χ1v) is 13.9. The Balaban J connectivity index is 2.05. The van der Waals surface area contributed by atoms with Crippen LogP contribution in [0, 0.1) is 0 Å². The molecular weight excluding hydrogens is 500 g/mol. The van der Waals surface area contributed by atoms with Gasteiger partial charge in [-0.05, 0) is 37.1 Å². The van der Waals surface area contributed by atoms with E-state index in [1.807, 2.05) is 74.5 Å². The summed E-state index contributed by atoms with van der Waals surface area (Å²) in [5, 5.41) is 2.94. The third-order valence-electron chi connectivity index (χ3n) is 5.96. The molecule has 8 nitrogen and oxygen atoms in total. The van der Waals surface area contributed by atoms with Gasteiger partial charge in [-0.3, -0.25) is 9.59 Å². The number of amides is 2. The van der Waals surface area contributed by atoms with Gasteiger partial charge in [-0.1, -0.05) is 78.9 Å². The highest BCUT2D eigenvalue weighted by molar-refractivity contribution is 7.90. The molecule has 0 fully saturated rings. The second-order valence-corrected chi connectivity index (χ2v) is 11.6. The van der Waals surface area contributed by atoms with Crippen LogP contribution >= 0.6 is 0 Å². The van der Waals surface area contributed by atoms with Gasteiger partial charge in [-0.25, -0.2) is 4.31 Å². The normalized spacial score (nSPS) is 12.3. The molecule has 202 valence electrons. The molecule has 2 amide bonds. The van der Waals surface area contributed by atoms with Crippen molar-refractivity contribution in [2.24, 2.45) is 0 Å². The molecule has 0 radical (unpaired) electrons. The SMILES string of the molecule is CC(C)NC(=O)[C@@H](Cc1ccccc1)N(Cc1ccccc1)C(=O)CN(c1ccccc1)S(=O)(=O)N(C)C. The fourth-order valence-corrected chi connectivity index (χ4v) is 5.08.